The van der Waals surface area contributed by atoms with E-state index in [4.69, 9.17) is 10.7 Å². The monoisotopic (exact) mass is 552 g/mol. The van der Waals surface area contributed by atoms with Crippen molar-refractivity contribution in [3.05, 3.63) is 105 Å². The van der Waals surface area contributed by atoms with E-state index < -0.39 is 0 Å². The third kappa shape index (κ3) is 4.84. The number of aromatic nitrogens is 3. The Hall–Kier alpha value is -4.50. The summed E-state index contributed by atoms with van der Waals surface area (Å²) in [7, 11) is 0. The lowest BCUT2D eigenvalue weighted by atomic mass is 9.94. The van der Waals surface area contributed by atoms with E-state index in [2.05, 4.69) is 45.7 Å². The summed E-state index contributed by atoms with van der Waals surface area (Å²) in [5.41, 5.74) is 13.7. The van der Waals surface area contributed by atoms with E-state index in [0.717, 1.165) is 38.7 Å². The van der Waals surface area contributed by atoms with Gasteiger partial charge in [0.05, 0.1) is 17.6 Å². The minimum absolute atomic E-state index is 0.126. The van der Waals surface area contributed by atoms with Gasteiger partial charge >= 0.3 is 0 Å². The number of hydrogen-bond donors (Lipinski definition) is 4. The molecule has 1 aliphatic carbocycles. The SMILES string of the molecule is Cc1ccc(C2=CC=C(N)Cc3[nH]c(C4=CCNc5cc(F)c(-c6cncc(NC(=O)C(C)C)c6)cc54)nc32)s1. The smallest absolute Gasteiger partial charge is 0.226 e. The molecule has 0 unspecified atom stereocenters. The molecule has 40 heavy (non-hydrogen) atoms. The quantitative estimate of drug-likeness (QED) is 0.234. The molecule has 0 atom stereocenters. The third-order valence-electron chi connectivity index (χ3n) is 6.98. The molecular weight excluding hydrogens is 523 g/mol. The second kappa shape index (κ2) is 10.2. The summed E-state index contributed by atoms with van der Waals surface area (Å²) in [4.78, 5) is 27.4. The highest BCUT2D eigenvalue weighted by Crippen LogP contribution is 2.39. The van der Waals surface area contributed by atoms with E-state index in [1.807, 2.05) is 32.1 Å². The van der Waals surface area contributed by atoms with Crippen LogP contribution in [0, 0.1) is 18.7 Å². The Balaban J connectivity index is 1.40. The van der Waals surface area contributed by atoms with Crippen molar-refractivity contribution in [1.82, 2.24) is 15.0 Å². The number of anilines is 2. The van der Waals surface area contributed by atoms with Crippen molar-refractivity contribution in [1.29, 1.82) is 0 Å². The van der Waals surface area contributed by atoms with Crippen LogP contribution < -0.4 is 16.4 Å². The van der Waals surface area contributed by atoms with Gasteiger partial charge in [0.15, 0.2) is 0 Å². The molecule has 6 rings (SSSR count). The molecule has 1 amide bonds. The van der Waals surface area contributed by atoms with Crippen LogP contribution in [0.3, 0.4) is 0 Å². The summed E-state index contributed by atoms with van der Waals surface area (Å²) in [6, 6.07) is 9.27. The Morgan fingerprint density at radius 3 is 2.75 bits per heavy atom. The highest BCUT2D eigenvalue weighted by atomic mass is 32.1. The number of nitrogens with one attached hydrogen (secondary N) is 3. The molecule has 5 N–H and O–H groups in total. The predicted octanol–water partition coefficient (Wildman–Crippen LogP) is 6.26. The fraction of sp³-hybridized carbons (Fsp3) is 0.194. The maximum Gasteiger partial charge on any atom is 0.226 e. The lowest BCUT2D eigenvalue weighted by molar-refractivity contribution is -0.118. The summed E-state index contributed by atoms with van der Waals surface area (Å²) in [6.07, 6.45) is 9.74. The van der Waals surface area contributed by atoms with Crippen molar-refractivity contribution >= 4 is 39.8 Å². The molecule has 0 spiro atoms. The standard InChI is InChI=1S/C31H29FN6OS/c1-16(2)31(39)36-20-10-18(14-34-15-20)23-12-24-21(8-9-35-26(24)13-25(23)32)30-37-27-11-19(33)5-6-22(29(27)38-30)28-7-4-17(3)40-28/h4-8,10,12-16,35H,9,11,33H2,1-3H3,(H,36,39)(H,37,38). The number of benzene rings is 1. The summed E-state index contributed by atoms with van der Waals surface area (Å²) < 4.78 is 15.4. The Morgan fingerprint density at radius 2 is 1.98 bits per heavy atom. The number of amides is 1. The second-order valence-corrected chi connectivity index (χ2v) is 11.6. The Bertz CT molecular complexity index is 1740. The van der Waals surface area contributed by atoms with E-state index in [0.29, 0.717) is 41.3 Å². The molecule has 0 fully saturated rings. The molecule has 202 valence electrons. The molecule has 7 nitrogen and oxygen atoms in total. The molecule has 1 aliphatic heterocycles. The first-order chi connectivity index (χ1) is 19.3. The van der Waals surface area contributed by atoms with Crippen LogP contribution in [0.1, 0.15) is 46.4 Å². The van der Waals surface area contributed by atoms with Crippen LogP contribution in [0.25, 0.3) is 22.3 Å². The lowest BCUT2D eigenvalue weighted by Crippen LogP contribution is -2.17. The minimum atomic E-state index is -0.381. The Morgan fingerprint density at radius 1 is 1.12 bits per heavy atom. The van der Waals surface area contributed by atoms with Gasteiger partial charge in [-0.15, -0.1) is 11.3 Å². The van der Waals surface area contributed by atoms with Gasteiger partial charge < -0.3 is 21.4 Å². The van der Waals surface area contributed by atoms with Gasteiger partial charge in [0, 0.05) is 79.7 Å². The maximum atomic E-state index is 15.4. The Kier molecular flexibility index (Phi) is 6.59. The number of carbonyl (C=O) groups is 1. The van der Waals surface area contributed by atoms with E-state index in [9.17, 15) is 4.79 Å². The van der Waals surface area contributed by atoms with Crippen molar-refractivity contribution in [2.75, 3.05) is 17.2 Å². The van der Waals surface area contributed by atoms with Gasteiger partial charge in [0.2, 0.25) is 5.91 Å². The van der Waals surface area contributed by atoms with Crippen LogP contribution in [-0.2, 0) is 11.2 Å². The van der Waals surface area contributed by atoms with E-state index in [-0.39, 0.29) is 17.6 Å². The molecule has 0 saturated carbocycles. The van der Waals surface area contributed by atoms with Crippen molar-refractivity contribution in [3.8, 4) is 11.1 Å². The number of halogens is 1. The van der Waals surface area contributed by atoms with Crippen molar-refractivity contribution in [2.24, 2.45) is 11.7 Å². The molecular formula is C31H29FN6OS. The van der Waals surface area contributed by atoms with E-state index in [1.54, 1.807) is 29.8 Å². The summed E-state index contributed by atoms with van der Waals surface area (Å²) in [6.45, 7) is 6.26. The zero-order valence-corrected chi connectivity index (χ0v) is 23.2. The van der Waals surface area contributed by atoms with Gasteiger partial charge in [-0.25, -0.2) is 9.37 Å². The number of aromatic amines is 1. The van der Waals surface area contributed by atoms with E-state index >= 15 is 4.39 Å². The highest BCUT2D eigenvalue weighted by molar-refractivity contribution is 7.13. The molecule has 0 bridgehead atoms. The molecule has 9 heteroatoms. The number of allylic oxidation sites excluding steroid dienone is 3. The lowest BCUT2D eigenvalue weighted by Gasteiger charge is -2.20. The molecule has 0 saturated heterocycles. The van der Waals surface area contributed by atoms with Gasteiger partial charge in [0.1, 0.15) is 11.6 Å². The summed E-state index contributed by atoms with van der Waals surface area (Å²) in [5, 5.41) is 6.12. The summed E-state index contributed by atoms with van der Waals surface area (Å²) >= 11 is 1.72. The highest BCUT2D eigenvalue weighted by Gasteiger charge is 2.25. The largest absolute Gasteiger partial charge is 0.402 e. The first-order valence-corrected chi connectivity index (χ1v) is 14.0. The zero-order valence-electron chi connectivity index (χ0n) is 22.4. The van der Waals surface area contributed by atoms with E-state index in [1.165, 1.54) is 10.9 Å². The fourth-order valence-electron chi connectivity index (χ4n) is 4.90. The number of carbonyl (C=O) groups excluding carboxylic acids is 1. The average molecular weight is 553 g/mol. The van der Waals surface area contributed by atoms with Gasteiger partial charge in [-0.3, -0.25) is 9.78 Å². The van der Waals surface area contributed by atoms with Crippen molar-refractivity contribution < 1.29 is 9.18 Å². The van der Waals surface area contributed by atoms with Crippen LogP contribution in [0.4, 0.5) is 15.8 Å². The van der Waals surface area contributed by atoms with Crippen LogP contribution in [0.15, 0.2) is 66.7 Å². The number of aryl methyl sites for hydroxylation is 1. The van der Waals surface area contributed by atoms with Crippen LogP contribution in [0.5, 0.6) is 0 Å². The molecule has 0 radical (unpaired) electrons. The number of pyridine rings is 1. The first-order valence-electron chi connectivity index (χ1n) is 13.1. The number of fused-ring (bicyclic) bond motifs is 2. The first kappa shape index (κ1) is 25.8. The molecule has 2 aliphatic rings. The fourth-order valence-corrected chi connectivity index (χ4v) is 5.79. The van der Waals surface area contributed by atoms with Crippen LogP contribution >= 0.6 is 11.3 Å². The molecule has 4 aromatic rings. The normalized spacial score (nSPS) is 14.4. The number of nitrogens with two attached hydrogens (primary N) is 1. The average Bonchev–Trinajstić information content (AvgIpc) is 3.51. The van der Waals surface area contributed by atoms with Gasteiger partial charge in [-0.2, -0.15) is 0 Å². The van der Waals surface area contributed by atoms with Gasteiger partial charge in [-0.1, -0.05) is 19.9 Å². The number of hydrogen-bond acceptors (Lipinski definition) is 6. The number of thiophene rings is 1. The summed E-state index contributed by atoms with van der Waals surface area (Å²) in [5.74, 6) is 0.0122. The van der Waals surface area contributed by atoms with Crippen LogP contribution in [0.2, 0.25) is 0 Å². The number of imidazole rings is 1. The predicted molar refractivity (Wildman–Crippen MR) is 159 cm³/mol. The molecule has 3 aromatic heterocycles. The number of nitrogens with zero attached hydrogens (tertiary/aromatic N) is 2. The molecule has 1 aromatic carbocycles. The molecule has 4 heterocycles. The Labute approximate surface area is 235 Å². The van der Waals surface area contributed by atoms with Gasteiger partial charge in [-0.05, 0) is 49.4 Å². The maximum absolute atomic E-state index is 15.4. The topological polar surface area (TPSA) is 109 Å². The third-order valence-corrected chi connectivity index (χ3v) is 8.01. The van der Waals surface area contributed by atoms with Crippen molar-refractivity contribution in [2.45, 2.75) is 27.2 Å². The van der Waals surface area contributed by atoms with Crippen molar-refractivity contribution in [3.63, 3.8) is 0 Å². The van der Waals surface area contributed by atoms with Gasteiger partial charge in [0.25, 0.3) is 0 Å². The van der Waals surface area contributed by atoms with Crippen LogP contribution in [-0.4, -0.2) is 27.4 Å². The zero-order chi connectivity index (χ0) is 28.0. The minimum Gasteiger partial charge on any atom is -0.402 e. The second-order valence-electron chi connectivity index (χ2n) is 10.3. The number of H-pyrrole nitrogens is 1. The number of rotatable bonds is 5.